The van der Waals surface area contributed by atoms with Crippen LogP contribution in [0.3, 0.4) is 0 Å². The molecule has 0 fully saturated rings. The Kier molecular flexibility index (Phi) is 6.89. The van der Waals surface area contributed by atoms with Crippen molar-refractivity contribution in [1.29, 1.82) is 0 Å². The number of allylic oxidation sites excluding steroid dienone is 1. The maximum Gasteiger partial charge on any atom is 0.250 e. The van der Waals surface area contributed by atoms with Gasteiger partial charge in [-0.05, 0) is 46.6 Å². The normalized spacial score (nSPS) is 23.2. The second kappa shape index (κ2) is 11.4. The molecule has 268 valence electrons. The number of carbonyl (C=O) groups excluding carboxylic acids is 2. The van der Waals surface area contributed by atoms with E-state index in [1.54, 1.807) is 6.20 Å². The highest BCUT2D eigenvalue weighted by atomic mass is 16.5. The zero-order chi connectivity index (χ0) is 36.3. The van der Waals surface area contributed by atoms with Crippen LogP contribution in [0.4, 0.5) is 5.69 Å². The predicted molar refractivity (Wildman–Crippen MR) is 196 cm³/mol. The SMILES string of the molecule is CO[C@H](C(=O)NC1Cc2ccc3c(c2)C24c5cccc(c5N[C@H]2O3)-c2cccc3c2C(=CC3)c2cnc(o2)-c2nc(oc24)[C@H](C(C)C)NC1=O)C(C)C. The Labute approximate surface area is 306 Å². The zero-order valence-corrected chi connectivity index (χ0v) is 30.1. The van der Waals surface area contributed by atoms with Gasteiger partial charge in [0.2, 0.25) is 23.6 Å². The molecule has 3 N–H and O–H groups in total. The fourth-order valence-electron chi connectivity index (χ4n) is 9.04. The van der Waals surface area contributed by atoms with Crippen LogP contribution < -0.4 is 20.7 Å². The van der Waals surface area contributed by atoms with E-state index in [0.717, 1.165) is 51.1 Å². The number of oxazole rings is 2. The van der Waals surface area contributed by atoms with Gasteiger partial charge >= 0.3 is 0 Å². The highest BCUT2D eigenvalue weighted by molar-refractivity contribution is 5.97. The zero-order valence-electron chi connectivity index (χ0n) is 30.1. The summed E-state index contributed by atoms with van der Waals surface area (Å²) in [5.41, 5.74) is 8.49. The fraction of sp³-hybridized carbons (Fsp3) is 0.333. The number of anilines is 1. The van der Waals surface area contributed by atoms with E-state index in [4.69, 9.17) is 28.3 Å². The van der Waals surface area contributed by atoms with Crippen LogP contribution >= 0.6 is 0 Å². The van der Waals surface area contributed by atoms with Crippen LogP contribution in [-0.2, 0) is 32.6 Å². The average molecular weight is 710 g/mol. The van der Waals surface area contributed by atoms with E-state index in [-0.39, 0.29) is 30.1 Å². The van der Waals surface area contributed by atoms with Crippen molar-refractivity contribution in [3.63, 3.8) is 0 Å². The molecule has 5 aliphatic rings. The number of methoxy groups -OCH3 is 1. The summed E-state index contributed by atoms with van der Waals surface area (Å²) in [5.74, 6) is 1.52. The van der Waals surface area contributed by atoms with E-state index in [2.05, 4.69) is 64.5 Å². The molecule has 5 atom stereocenters. The lowest BCUT2D eigenvalue weighted by atomic mass is 9.72. The maximum absolute atomic E-state index is 14.3. The summed E-state index contributed by atoms with van der Waals surface area (Å²) in [6.45, 7) is 7.82. The molecule has 3 aromatic carbocycles. The van der Waals surface area contributed by atoms with Crippen molar-refractivity contribution in [1.82, 2.24) is 20.6 Å². The molecule has 11 heteroatoms. The van der Waals surface area contributed by atoms with Crippen molar-refractivity contribution in [2.24, 2.45) is 11.8 Å². The number of aromatic nitrogens is 2. The Morgan fingerprint density at radius 2 is 1.85 bits per heavy atom. The molecule has 0 radical (unpaired) electrons. The number of nitrogens with one attached hydrogen (secondary N) is 3. The van der Waals surface area contributed by atoms with Gasteiger partial charge in [0, 0.05) is 41.5 Å². The minimum absolute atomic E-state index is 0.0958. The number of rotatable bonds is 5. The van der Waals surface area contributed by atoms with Crippen LogP contribution in [-0.4, -0.2) is 47.3 Å². The van der Waals surface area contributed by atoms with Crippen molar-refractivity contribution >= 4 is 23.1 Å². The Morgan fingerprint density at radius 1 is 1.02 bits per heavy atom. The van der Waals surface area contributed by atoms with Crippen molar-refractivity contribution < 1.29 is 27.9 Å². The molecule has 4 aliphatic heterocycles. The van der Waals surface area contributed by atoms with Crippen LogP contribution in [0.15, 0.2) is 75.7 Å². The lowest BCUT2D eigenvalue weighted by molar-refractivity contribution is -0.137. The average Bonchev–Trinajstić information content (AvgIpc) is 3.96. The molecule has 10 rings (SSSR count). The Hall–Kier alpha value is -5.68. The van der Waals surface area contributed by atoms with Gasteiger partial charge in [-0.3, -0.25) is 9.59 Å². The number of carbonyl (C=O) groups is 2. The van der Waals surface area contributed by atoms with Crippen LogP contribution in [0, 0.1) is 11.8 Å². The lowest BCUT2D eigenvalue weighted by Gasteiger charge is -2.29. The fourth-order valence-corrected chi connectivity index (χ4v) is 9.04. The Morgan fingerprint density at radius 3 is 2.66 bits per heavy atom. The van der Waals surface area contributed by atoms with Gasteiger partial charge < -0.3 is 34.3 Å². The third-order valence-electron chi connectivity index (χ3n) is 11.5. The largest absolute Gasteiger partial charge is 0.469 e. The molecule has 6 heterocycles. The van der Waals surface area contributed by atoms with Crippen LogP contribution in [0.2, 0.25) is 0 Å². The molecule has 53 heavy (non-hydrogen) atoms. The first kappa shape index (κ1) is 32.0. The van der Waals surface area contributed by atoms with Crippen LogP contribution in [0.1, 0.15) is 79.0 Å². The molecule has 5 aromatic rings. The Balaban J connectivity index is 1.26. The van der Waals surface area contributed by atoms with Gasteiger partial charge in [0.25, 0.3) is 0 Å². The van der Waals surface area contributed by atoms with Crippen LogP contribution in [0.5, 0.6) is 5.75 Å². The summed E-state index contributed by atoms with van der Waals surface area (Å²) >= 11 is 0. The van der Waals surface area contributed by atoms with E-state index in [1.807, 2.05) is 39.8 Å². The van der Waals surface area contributed by atoms with Crippen molar-refractivity contribution in [3.8, 4) is 28.5 Å². The number of amides is 2. The summed E-state index contributed by atoms with van der Waals surface area (Å²) in [4.78, 5) is 37.8. The molecule has 2 aromatic heterocycles. The first-order valence-electron chi connectivity index (χ1n) is 18.3. The molecule has 1 aliphatic carbocycles. The molecular weight excluding hydrogens is 670 g/mol. The maximum atomic E-state index is 14.3. The topological polar surface area (TPSA) is 141 Å². The van der Waals surface area contributed by atoms with Crippen LogP contribution in [0.25, 0.3) is 28.3 Å². The summed E-state index contributed by atoms with van der Waals surface area (Å²) in [7, 11) is 1.51. The van der Waals surface area contributed by atoms with Crippen molar-refractivity contribution in [2.45, 2.75) is 70.4 Å². The smallest absolute Gasteiger partial charge is 0.250 e. The second-order valence-corrected chi connectivity index (χ2v) is 15.3. The number of fused-ring (bicyclic) bond motifs is 7. The number of benzene rings is 3. The first-order chi connectivity index (χ1) is 25.7. The number of hydrogen-bond donors (Lipinski definition) is 3. The van der Waals surface area contributed by atoms with Gasteiger partial charge in [0.05, 0.1) is 6.20 Å². The lowest BCUT2D eigenvalue weighted by Crippen LogP contribution is -2.53. The van der Waals surface area contributed by atoms with Gasteiger partial charge in [0.1, 0.15) is 29.4 Å². The van der Waals surface area contributed by atoms with E-state index < -0.39 is 29.8 Å². The molecule has 2 amide bonds. The third kappa shape index (κ3) is 4.43. The summed E-state index contributed by atoms with van der Waals surface area (Å²) in [6, 6.07) is 17.2. The summed E-state index contributed by atoms with van der Waals surface area (Å²) in [5, 5.41) is 10.0. The van der Waals surface area contributed by atoms with Crippen molar-refractivity contribution in [2.75, 3.05) is 12.4 Å². The Bertz CT molecular complexity index is 2410. The third-order valence-corrected chi connectivity index (χ3v) is 11.5. The molecule has 1 spiro atoms. The van der Waals surface area contributed by atoms with Gasteiger partial charge in [-0.15, -0.1) is 0 Å². The standard InChI is InChI=1S/C42H39N5O6/c1-19(2)32-40-46-34-36(53-40)42-26-11-7-10-24(23-9-6-8-22-13-14-25(31(22)23)30-18-43-39(34)51-30)33(26)47-41(42)52-29-15-12-21(16-27(29)42)17-28(37(48)45-32)44-38(49)35(50-5)20(3)4/h6-12,14-16,18-20,28,32,35,41,47H,13,17H2,1-5H3,(H,44,49)(H,45,48)/t28?,32-,35-,41-,42?/m0/s1. The van der Waals surface area contributed by atoms with E-state index in [1.165, 1.54) is 12.7 Å². The molecule has 10 bridgehead atoms. The highest BCUT2D eigenvalue weighted by Gasteiger charge is 2.61. The highest BCUT2D eigenvalue weighted by Crippen LogP contribution is 2.61. The monoisotopic (exact) mass is 709 g/mol. The quantitative estimate of drug-likeness (QED) is 0.192. The first-order valence-corrected chi connectivity index (χ1v) is 18.3. The van der Waals surface area contributed by atoms with Gasteiger partial charge in [-0.2, -0.15) is 0 Å². The second-order valence-electron chi connectivity index (χ2n) is 15.3. The molecular formula is C42H39N5O6. The van der Waals surface area contributed by atoms with E-state index >= 15 is 0 Å². The van der Waals surface area contributed by atoms with Crippen molar-refractivity contribution in [3.05, 3.63) is 112 Å². The molecule has 11 nitrogen and oxygen atoms in total. The van der Waals surface area contributed by atoms with Gasteiger partial charge in [-0.1, -0.05) is 82.3 Å². The number of ether oxygens (including phenoxy) is 2. The minimum Gasteiger partial charge on any atom is -0.469 e. The van der Waals surface area contributed by atoms with Gasteiger partial charge in [-0.25, -0.2) is 9.97 Å². The summed E-state index contributed by atoms with van der Waals surface area (Å²) < 4.78 is 26.1. The predicted octanol–water partition coefficient (Wildman–Crippen LogP) is 6.30. The number of hydrogen-bond acceptors (Lipinski definition) is 9. The number of nitrogens with zero attached hydrogens (tertiary/aromatic N) is 2. The molecule has 0 saturated carbocycles. The van der Waals surface area contributed by atoms with E-state index in [0.29, 0.717) is 34.7 Å². The van der Waals surface area contributed by atoms with Gasteiger partial charge in [0.15, 0.2) is 23.4 Å². The minimum atomic E-state index is -1.02. The van der Waals surface area contributed by atoms with E-state index in [9.17, 15) is 9.59 Å². The number of para-hydroxylation sites is 1. The summed E-state index contributed by atoms with van der Waals surface area (Å²) in [6.07, 6.45) is 3.64. The molecule has 2 unspecified atom stereocenters. The molecule has 0 saturated heterocycles.